The first kappa shape index (κ1) is 10.6. The highest BCUT2D eigenvalue weighted by Gasteiger charge is 2.17. The Morgan fingerprint density at radius 2 is 2.53 bits per heavy atom. The van der Waals surface area contributed by atoms with Crippen LogP contribution in [0.15, 0.2) is 4.52 Å². The second-order valence-corrected chi connectivity index (χ2v) is 3.96. The number of nitrogens with zero attached hydrogens (tertiary/aromatic N) is 2. The maximum absolute atomic E-state index is 5.19. The van der Waals surface area contributed by atoms with Crippen LogP contribution in [-0.2, 0) is 12.8 Å². The minimum Gasteiger partial charge on any atom is -0.339 e. The quantitative estimate of drug-likeness (QED) is 0.723. The van der Waals surface area contributed by atoms with Gasteiger partial charge in [-0.2, -0.15) is 4.98 Å². The van der Waals surface area contributed by atoms with Crippen LogP contribution in [0.4, 0.5) is 0 Å². The summed E-state index contributed by atoms with van der Waals surface area (Å²) in [5, 5.41) is 10.4. The van der Waals surface area contributed by atoms with E-state index in [0.717, 1.165) is 37.6 Å². The molecule has 1 fully saturated rings. The Kier molecular flexibility index (Phi) is 3.69. The Hall–Kier alpha value is -0.940. The first-order valence-corrected chi connectivity index (χ1v) is 5.58. The van der Waals surface area contributed by atoms with Crippen LogP contribution >= 0.6 is 0 Å². The molecule has 5 nitrogen and oxygen atoms in total. The monoisotopic (exact) mass is 210 g/mol. The summed E-state index contributed by atoms with van der Waals surface area (Å²) in [4.78, 5) is 4.35. The first-order valence-electron chi connectivity index (χ1n) is 5.58. The standard InChI is InChI=1S/C10H18N4O/c1-11-6-4-9-13-10(15-14-9)7-8-3-2-5-12-8/h8,11-12H,2-7H2,1H3. The summed E-state index contributed by atoms with van der Waals surface area (Å²) >= 11 is 0. The van der Waals surface area contributed by atoms with Crippen molar-refractivity contribution in [1.82, 2.24) is 20.8 Å². The van der Waals surface area contributed by atoms with Gasteiger partial charge in [-0.1, -0.05) is 5.16 Å². The van der Waals surface area contributed by atoms with Crippen LogP contribution in [-0.4, -0.2) is 36.3 Å². The van der Waals surface area contributed by atoms with Crippen molar-refractivity contribution in [2.45, 2.75) is 31.7 Å². The van der Waals surface area contributed by atoms with Crippen LogP contribution in [0.3, 0.4) is 0 Å². The normalized spacial score (nSPS) is 21.0. The van der Waals surface area contributed by atoms with Crippen LogP contribution in [0.5, 0.6) is 0 Å². The van der Waals surface area contributed by atoms with Gasteiger partial charge in [-0.25, -0.2) is 0 Å². The summed E-state index contributed by atoms with van der Waals surface area (Å²) < 4.78 is 5.19. The molecule has 1 saturated heterocycles. The van der Waals surface area contributed by atoms with Crippen LogP contribution in [0.25, 0.3) is 0 Å². The Morgan fingerprint density at radius 1 is 1.60 bits per heavy atom. The molecule has 1 aromatic heterocycles. The van der Waals surface area contributed by atoms with Crippen LogP contribution < -0.4 is 10.6 Å². The molecule has 0 saturated carbocycles. The predicted molar refractivity (Wildman–Crippen MR) is 56.7 cm³/mol. The van der Waals surface area contributed by atoms with Crippen molar-refractivity contribution in [3.05, 3.63) is 11.7 Å². The Bertz CT molecular complexity index is 293. The summed E-state index contributed by atoms with van der Waals surface area (Å²) in [6.07, 6.45) is 4.17. The fourth-order valence-electron chi connectivity index (χ4n) is 1.85. The minimum absolute atomic E-state index is 0.530. The zero-order valence-corrected chi connectivity index (χ0v) is 9.12. The van der Waals surface area contributed by atoms with Crippen molar-refractivity contribution in [1.29, 1.82) is 0 Å². The number of hydrogen-bond donors (Lipinski definition) is 2. The summed E-state index contributed by atoms with van der Waals surface area (Å²) in [7, 11) is 1.92. The number of likely N-dealkylation sites (N-methyl/N-ethyl adjacent to an activating group) is 1. The molecule has 1 atom stereocenters. The molecule has 0 aromatic carbocycles. The number of rotatable bonds is 5. The number of aromatic nitrogens is 2. The molecule has 1 aliphatic heterocycles. The lowest BCUT2D eigenvalue weighted by Crippen LogP contribution is -2.23. The third kappa shape index (κ3) is 3.00. The van der Waals surface area contributed by atoms with Crippen LogP contribution in [0.1, 0.15) is 24.6 Å². The fourth-order valence-corrected chi connectivity index (χ4v) is 1.85. The highest BCUT2D eigenvalue weighted by atomic mass is 16.5. The molecule has 2 rings (SSSR count). The number of nitrogens with one attached hydrogen (secondary N) is 2. The van der Waals surface area contributed by atoms with Crippen molar-refractivity contribution in [2.75, 3.05) is 20.1 Å². The van der Waals surface area contributed by atoms with Gasteiger partial charge in [-0.15, -0.1) is 0 Å². The van der Waals surface area contributed by atoms with E-state index in [9.17, 15) is 0 Å². The van der Waals surface area contributed by atoms with E-state index in [1.165, 1.54) is 12.8 Å². The highest BCUT2D eigenvalue weighted by molar-refractivity contribution is 4.91. The molecule has 0 spiro atoms. The second-order valence-electron chi connectivity index (χ2n) is 3.96. The number of hydrogen-bond acceptors (Lipinski definition) is 5. The maximum atomic E-state index is 5.19. The van der Waals surface area contributed by atoms with Gasteiger partial charge in [0.1, 0.15) is 0 Å². The average Bonchev–Trinajstić information content (AvgIpc) is 2.87. The van der Waals surface area contributed by atoms with Gasteiger partial charge in [-0.05, 0) is 26.4 Å². The van der Waals surface area contributed by atoms with Gasteiger partial charge in [0.25, 0.3) is 0 Å². The molecule has 1 aromatic rings. The zero-order valence-electron chi connectivity index (χ0n) is 9.12. The van der Waals surface area contributed by atoms with Crippen molar-refractivity contribution < 1.29 is 4.52 Å². The second kappa shape index (κ2) is 5.23. The Morgan fingerprint density at radius 3 is 3.27 bits per heavy atom. The van der Waals surface area contributed by atoms with Crippen molar-refractivity contribution >= 4 is 0 Å². The lowest BCUT2D eigenvalue weighted by Gasteiger charge is -2.04. The molecule has 0 bridgehead atoms. The van der Waals surface area contributed by atoms with E-state index < -0.39 is 0 Å². The van der Waals surface area contributed by atoms with Crippen LogP contribution in [0.2, 0.25) is 0 Å². The average molecular weight is 210 g/mol. The molecule has 0 radical (unpaired) electrons. The lowest BCUT2D eigenvalue weighted by atomic mass is 10.1. The van der Waals surface area contributed by atoms with E-state index in [1.807, 2.05) is 7.05 Å². The molecule has 0 aliphatic carbocycles. The largest absolute Gasteiger partial charge is 0.339 e. The fraction of sp³-hybridized carbons (Fsp3) is 0.800. The van der Waals surface area contributed by atoms with Gasteiger partial charge in [0, 0.05) is 25.4 Å². The summed E-state index contributed by atoms with van der Waals surface area (Å²) in [6.45, 7) is 2.01. The molecular formula is C10H18N4O. The van der Waals surface area contributed by atoms with Crippen molar-refractivity contribution in [2.24, 2.45) is 0 Å². The topological polar surface area (TPSA) is 63.0 Å². The van der Waals surface area contributed by atoms with E-state index in [1.54, 1.807) is 0 Å². The molecule has 15 heavy (non-hydrogen) atoms. The third-order valence-electron chi connectivity index (χ3n) is 2.69. The molecule has 2 heterocycles. The van der Waals surface area contributed by atoms with E-state index >= 15 is 0 Å². The molecule has 1 unspecified atom stereocenters. The van der Waals surface area contributed by atoms with Crippen LogP contribution in [0, 0.1) is 0 Å². The van der Waals surface area contributed by atoms with Gasteiger partial charge >= 0.3 is 0 Å². The summed E-state index contributed by atoms with van der Waals surface area (Å²) in [5.41, 5.74) is 0. The zero-order chi connectivity index (χ0) is 10.5. The predicted octanol–water partition coefficient (Wildman–Crippen LogP) is 0.126. The van der Waals surface area contributed by atoms with Gasteiger partial charge in [0.05, 0.1) is 0 Å². The maximum Gasteiger partial charge on any atom is 0.228 e. The van der Waals surface area contributed by atoms with E-state index in [0.29, 0.717) is 6.04 Å². The first-order chi connectivity index (χ1) is 7.38. The molecule has 1 aliphatic rings. The van der Waals surface area contributed by atoms with E-state index in [2.05, 4.69) is 20.8 Å². The molecule has 2 N–H and O–H groups in total. The molecule has 84 valence electrons. The van der Waals surface area contributed by atoms with E-state index in [-0.39, 0.29) is 0 Å². The van der Waals surface area contributed by atoms with Crippen molar-refractivity contribution in [3.63, 3.8) is 0 Å². The molecule has 0 amide bonds. The lowest BCUT2D eigenvalue weighted by molar-refractivity contribution is 0.359. The molecular weight excluding hydrogens is 192 g/mol. The van der Waals surface area contributed by atoms with Gasteiger partial charge in [-0.3, -0.25) is 0 Å². The summed E-state index contributed by atoms with van der Waals surface area (Å²) in [6, 6.07) is 0.530. The smallest absolute Gasteiger partial charge is 0.228 e. The SMILES string of the molecule is CNCCc1noc(CC2CCCN2)n1. The van der Waals surface area contributed by atoms with Gasteiger partial charge < -0.3 is 15.2 Å². The van der Waals surface area contributed by atoms with Crippen molar-refractivity contribution in [3.8, 4) is 0 Å². The van der Waals surface area contributed by atoms with E-state index in [4.69, 9.17) is 4.52 Å². The summed E-state index contributed by atoms with van der Waals surface area (Å²) in [5.74, 6) is 1.57. The van der Waals surface area contributed by atoms with Gasteiger partial charge in [0.15, 0.2) is 5.82 Å². The molecule has 5 heteroatoms. The Labute approximate surface area is 89.6 Å². The highest BCUT2D eigenvalue weighted by Crippen LogP contribution is 2.10. The minimum atomic E-state index is 0.530. The third-order valence-corrected chi connectivity index (χ3v) is 2.69. The van der Waals surface area contributed by atoms with Gasteiger partial charge in [0.2, 0.25) is 5.89 Å². The Balaban J connectivity index is 1.83.